The summed E-state index contributed by atoms with van der Waals surface area (Å²) in [5.74, 6) is 0.121. The van der Waals surface area contributed by atoms with E-state index in [9.17, 15) is 9.59 Å². The van der Waals surface area contributed by atoms with Crippen LogP contribution in [0, 0.1) is 5.41 Å². The van der Waals surface area contributed by atoms with Crippen molar-refractivity contribution in [2.24, 2.45) is 5.41 Å². The number of piperidine rings is 1. The van der Waals surface area contributed by atoms with E-state index in [4.69, 9.17) is 0 Å². The summed E-state index contributed by atoms with van der Waals surface area (Å²) >= 11 is 0. The van der Waals surface area contributed by atoms with Crippen molar-refractivity contribution < 1.29 is 9.59 Å². The van der Waals surface area contributed by atoms with E-state index in [2.05, 4.69) is 29.9 Å². The maximum absolute atomic E-state index is 13.0. The number of nitrogens with zero attached hydrogens (tertiary/aromatic N) is 5. The number of likely N-dealkylation sites (N-methyl/N-ethyl adjacent to an activating group) is 1. The average Bonchev–Trinajstić information content (AvgIpc) is 3.30. The van der Waals surface area contributed by atoms with Crippen LogP contribution in [0.2, 0.25) is 0 Å². The molecule has 2 aliphatic heterocycles. The first-order valence-electron chi connectivity index (χ1n) is 12.9. The van der Waals surface area contributed by atoms with Crippen LogP contribution in [-0.4, -0.2) is 62.8 Å². The van der Waals surface area contributed by atoms with E-state index in [0.717, 1.165) is 71.3 Å². The van der Waals surface area contributed by atoms with Crippen LogP contribution in [0.25, 0.3) is 33.3 Å². The van der Waals surface area contributed by atoms with Crippen LogP contribution in [0.1, 0.15) is 47.5 Å². The summed E-state index contributed by atoms with van der Waals surface area (Å²) in [6.45, 7) is 7.57. The van der Waals surface area contributed by atoms with Gasteiger partial charge in [-0.1, -0.05) is 26.0 Å². The molecule has 0 bridgehead atoms. The Hall–Kier alpha value is -4.00. The highest BCUT2D eigenvalue weighted by Gasteiger charge is 2.28. The zero-order valence-corrected chi connectivity index (χ0v) is 21.6. The fourth-order valence-corrected chi connectivity index (χ4v) is 5.40. The van der Waals surface area contributed by atoms with Crippen LogP contribution in [0.15, 0.2) is 61.1 Å². The first-order chi connectivity index (χ1) is 17.8. The average molecular weight is 494 g/mol. The van der Waals surface area contributed by atoms with E-state index >= 15 is 0 Å². The fraction of sp³-hybridized carbons (Fsp3) is 0.333. The molecule has 3 aromatic heterocycles. The number of hydrogen-bond donors (Lipinski definition) is 0. The molecular weight excluding hydrogens is 462 g/mol. The molecule has 0 unspecified atom stereocenters. The van der Waals surface area contributed by atoms with Gasteiger partial charge in [0.1, 0.15) is 11.3 Å². The molecular formula is C30H31N5O2. The molecule has 0 spiro atoms. The first-order valence-corrected chi connectivity index (χ1v) is 12.9. The Labute approximate surface area is 216 Å². The van der Waals surface area contributed by atoms with Crippen LogP contribution < -0.4 is 0 Å². The Bertz CT molecular complexity index is 1510. The highest BCUT2D eigenvalue weighted by atomic mass is 16.2. The summed E-state index contributed by atoms with van der Waals surface area (Å²) in [6, 6.07) is 13.9. The number of rotatable bonds is 3. The molecule has 2 amide bonds. The monoisotopic (exact) mass is 493 g/mol. The zero-order chi connectivity index (χ0) is 25.7. The third-order valence-electron chi connectivity index (χ3n) is 7.94. The third-order valence-corrected chi connectivity index (χ3v) is 7.94. The topological polar surface area (TPSA) is 71.3 Å². The van der Waals surface area contributed by atoms with Crippen molar-refractivity contribution in [2.75, 3.05) is 26.7 Å². The van der Waals surface area contributed by atoms with Gasteiger partial charge in [-0.05, 0) is 59.7 Å². The Balaban J connectivity index is 1.29. The standard InChI is InChI=1S/C30H31N5O2/c1-30(2)9-12-34(13-10-30)28(36)21-6-4-20(5-7-21)22-16-23(19-31-18-22)24-8-11-32-27-25(24)17-26-29(37)33(3)14-15-35(26)27/h4-8,11,16-19H,9-10,12-15H2,1-3H3. The number of pyridine rings is 2. The van der Waals surface area contributed by atoms with Crippen molar-refractivity contribution in [1.82, 2.24) is 24.3 Å². The molecule has 7 nitrogen and oxygen atoms in total. The zero-order valence-electron chi connectivity index (χ0n) is 21.6. The second-order valence-corrected chi connectivity index (χ2v) is 11.0. The summed E-state index contributed by atoms with van der Waals surface area (Å²) < 4.78 is 2.01. The lowest BCUT2D eigenvalue weighted by Crippen LogP contribution is -2.41. The highest BCUT2D eigenvalue weighted by molar-refractivity contribution is 6.03. The number of fused-ring (bicyclic) bond motifs is 3. The van der Waals surface area contributed by atoms with Gasteiger partial charge in [0.2, 0.25) is 0 Å². The minimum atomic E-state index is 0.0185. The van der Waals surface area contributed by atoms with Crippen LogP contribution in [0.3, 0.4) is 0 Å². The summed E-state index contributed by atoms with van der Waals surface area (Å²) in [5, 5.41) is 0.950. The van der Waals surface area contributed by atoms with Crippen LogP contribution in [0.4, 0.5) is 0 Å². The molecule has 1 saturated heterocycles. The number of carbonyl (C=O) groups excluding carboxylic acids is 2. The van der Waals surface area contributed by atoms with Gasteiger partial charge < -0.3 is 14.4 Å². The van der Waals surface area contributed by atoms with Crippen LogP contribution in [0.5, 0.6) is 0 Å². The van der Waals surface area contributed by atoms with E-state index < -0.39 is 0 Å². The number of likely N-dealkylation sites (tertiary alicyclic amines) is 1. The molecule has 0 radical (unpaired) electrons. The van der Waals surface area contributed by atoms with Crippen LogP contribution in [-0.2, 0) is 6.54 Å². The highest BCUT2D eigenvalue weighted by Crippen LogP contribution is 2.34. The molecule has 5 heterocycles. The quantitative estimate of drug-likeness (QED) is 0.398. The summed E-state index contributed by atoms with van der Waals surface area (Å²) in [4.78, 5) is 38.6. The maximum atomic E-state index is 13.0. The number of aromatic nitrogens is 3. The maximum Gasteiger partial charge on any atom is 0.270 e. The van der Waals surface area contributed by atoms with Crippen LogP contribution >= 0.6 is 0 Å². The number of hydrogen-bond acceptors (Lipinski definition) is 4. The Morgan fingerprint density at radius 3 is 2.38 bits per heavy atom. The van der Waals surface area contributed by atoms with E-state index in [1.54, 1.807) is 11.1 Å². The van der Waals surface area contributed by atoms with Gasteiger partial charge in [-0.3, -0.25) is 14.6 Å². The Morgan fingerprint density at radius 1 is 0.892 bits per heavy atom. The number of benzene rings is 1. The van der Waals surface area contributed by atoms with Crippen molar-refractivity contribution in [1.29, 1.82) is 0 Å². The first kappa shape index (κ1) is 23.4. The SMILES string of the molecule is CN1CCn2c(cc3c(-c4cncc(-c5ccc(C(=O)N6CCC(C)(C)CC6)cc5)c4)ccnc32)C1=O. The van der Waals surface area contributed by atoms with Crippen molar-refractivity contribution in [3.63, 3.8) is 0 Å². The number of carbonyl (C=O) groups is 2. The van der Waals surface area contributed by atoms with Gasteiger partial charge in [0.25, 0.3) is 11.8 Å². The predicted molar refractivity (Wildman–Crippen MR) is 144 cm³/mol. The Morgan fingerprint density at radius 2 is 1.62 bits per heavy atom. The smallest absolute Gasteiger partial charge is 0.270 e. The lowest BCUT2D eigenvalue weighted by atomic mass is 9.82. The van der Waals surface area contributed by atoms with Gasteiger partial charge in [-0.2, -0.15) is 0 Å². The molecule has 0 saturated carbocycles. The minimum absolute atomic E-state index is 0.0185. The molecule has 0 aliphatic carbocycles. The van der Waals surface area contributed by atoms with Gasteiger partial charge in [-0.15, -0.1) is 0 Å². The van der Waals surface area contributed by atoms with Crippen molar-refractivity contribution in [3.8, 4) is 22.3 Å². The molecule has 0 N–H and O–H groups in total. The van der Waals surface area contributed by atoms with Crippen molar-refractivity contribution >= 4 is 22.8 Å². The number of amides is 2. The minimum Gasteiger partial charge on any atom is -0.339 e. The lowest BCUT2D eigenvalue weighted by Gasteiger charge is -2.37. The second-order valence-electron chi connectivity index (χ2n) is 11.0. The fourth-order valence-electron chi connectivity index (χ4n) is 5.40. The molecule has 0 atom stereocenters. The molecule has 37 heavy (non-hydrogen) atoms. The molecule has 1 fully saturated rings. The van der Waals surface area contributed by atoms with E-state index in [1.165, 1.54) is 0 Å². The normalized spacial score (nSPS) is 17.2. The summed E-state index contributed by atoms with van der Waals surface area (Å²) in [7, 11) is 1.83. The van der Waals surface area contributed by atoms with Gasteiger partial charge in [0, 0.05) is 73.9 Å². The largest absolute Gasteiger partial charge is 0.339 e. The van der Waals surface area contributed by atoms with Gasteiger partial charge in [-0.25, -0.2) is 4.98 Å². The van der Waals surface area contributed by atoms with E-state index in [0.29, 0.717) is 17.7 Å². The van der Waals surface area contributed by atoms with Crippen molar-refractivity contribution in [2.45, 2.75) is 33.2 Å². The third kappa shape index (κ3) is 4.18. The summed E-state index contributed by atoms with van der Waals surface area (Å²) in [5.41, 5.74) is 6.46. The molecule has 2 aliphatic rings. The Kier molecular flexibility index (Phi) is 5.59. The predicted octanol–water partition coefficient (Wildman–Crippen LogP) is 5.11. The molecule has 1 aromatic carbocycles. The lowest BCUT2D eigenvalue weighted by molar-refractivity contribution is 0.0630. The summed E-state index contributed by atoms with van der Waals surface area (Å²) in [6.07, 6.45) is 7.55. The molecule has 7 heteroatoms. The molecule has 6 rings (SSSR count). The molecule has 188 valence electrons. The second kappa shape index (κ2) is 8.83. The van der Waals surface area contributed by atoms with Gasteiger partial charge >= 0.3 is 0 Å². The van der Waals surface area contributed by atoms with Gasteiger partial charge in [0.15, 0.2) is 0 Å². The van der Waals surface area contributed by atoms with Gasteiger partial charge in [0.05, 0.1) is 0 Å². The van der Waals surface area contributed by atoms with Crippen molar-refractivity contribution in [3.05, 3.63) is 72.3 Å². The molecule has 4 aromatic rings. The van der Waals surface area contributed by atoms with E-state index in [1.807, 2.05) is 65.3 Å². The van der Waals surface area contributed by atoms with E-state index in [-0.39, 0.29) is 11.8 Å².